The molecule has 0 spiro atoms. The zero-order chi connectivity index (χ0) is 44.2. The summed E-state index contributed by atoms with van der Waals surface area (Å²) in [6.07, 6.45) is 7.90. The van der Waals surface area contributed by atoms with Gasteiger partial charge in [0.25, 0.3) is 0 Å². The molecule has 2 N–H and O–H groups in total. The van der Waals surface area contributed by atoms with Gasteiger partial charge in [-0.05, 0) is 93.9 Å². The molecular weight excluding hydrogens is 709 g/mol. The Balaban J connectivity index is 0.000000533. The summed E-state index contributed by atoms with van der Waals surface area (Å²) < 4.78 is 0. The molecule has 1 aliphatic rings. The maximum Gasteiger partial charge on any atom is 0.128 e. The fourth-order valence-corrected chi connectivity index (χ4v) is 7.06. The number of aryl methyl sites for hydroxylation is 2. The van der Waals surface area contributed by atoms with E-state index in [4.69, 9.17) is 9.98 Å². The molecule has 0 aliphatic heterocycles. The van der Waals surface area contributed by atoms with E-state index in [1.54, 1.807) is 0 Å². The average molecular weight is 789 g/mol. The Labute approximate surface area is 355 Å². The molecule has 318 valence electrons. The van der Waals surface area contributed by atoms with Gasteiger partial charge >= 0.3 is 0 Å². The highest BCUT2D eigenvalue weighted by molar-refractivity contribution is 5.86. The van der Waals surface area contributed by atoms with E-state index < -0.39 is 0 Å². The van der Waals surface area contributed by atoms with Crippen LogP contribution in [0.25, 0.3) is 11.1 Å². The monoisotopic (exact) mass is 789 g/mol. The summed E-state index contributed by atoms with van der Waals surface area (Å²) in [6.45, 7) is 38.3. The molecule has 0 saturated heterocycles. The number of benzene rings is 4. The second-order valence-corrected chi connectivity index (χ2v) is 19.5. The molecule has 4 aromatic carbocycles. The molecule has 4 aromatic rings. The first-order valence-corrected chi connectivity index (χ1v) is 21.9. The van der Waals surface area contributed by atoms with Gasteiger partial charge in [-0.3, -0.25) is 9.98 Å². The van der Waals surface area contributed by atoms with Gasteiger partial charge in [-0.25, -0.2) is 0 Å². The van der Waals surface area contributed by atoms with Gasteiger partial charge in [0.05, 0.1) is 12.1 Å². The standard InChI is InChI=1S/C36H54N2O2.C14H14.2C2H6/c1-33(2,3)25-17-23(31(39)27(19-25)35(7,8)9)21-37-29-15-13-14-16-30(29)38-22-24-18-26(34(4,5)6)20-28(32(24)40)36(10,11)12;1-11-7-3-5-9-13(11)14-10-6-4-8-12(14)2;2*1-2/h17-22,29-30,39-40H,13-16H2,1-12H3;3-10H,1-2H3;2*1-2H3. The maximum atomic E-state index is 11.2. The number of aromatic hydroxyl groups is 2. The number of aliphatic imine (C=N–C) groups is 2. The number of phenolic OH excluding ortho intramolecular Hbond substituents is 2. The summed E-state index contributed by atoms with van der Waals surface area (Å²) in [7, 11) is 0. The second-order valence-electron chi connectivity index (χ2n) is 19.5. The van der Waals surface area contributed by atoms with E-state index in [1.807, 2.05) is 40.1 Å². The normalized spacial score (nSPS) is 16.2. The first-order valence-electron chi connectivity index (χ1n) is 21.9. The molecule has 0 radical (unpaired) electrons. The first kappa shape index (κ1) is 50.0. The lowest BCUT2D eigenvalue weighted by molar-refractivity contribution is 0.389. The van der Waals surface area contributed by atoms with Crippen LogP contribution >= 0.6 is 0 Å². The molecule has 5 rings (SSSR count). The minimum Gasteiger partial charge on any atom is -0.507 e. The minimum absolute atomic E-state index is 0.0378. The van der Waals surface area contributed by atoms with Crippen molar-refractivity contribution in [3.8, 4) is 22.6 Å². The van der Waals surface area contributed by atoms with Gasteiger partial charge in [0.2, 0.25) is 0 Å². The van der Waals surface area contributed by atoms with Gasteiger partial charge in [-0.2, -0.15) is 0 Å². The first-order chi connectivity index (χ1) is 27.0. The molecule has 0 amide bonds. The Kier molecular flexibility index (Phi) is 18.3. The van der Waals surface area contributed by atoms with Crippen molar-refractivity contribution < 1.29 is 10.2 Å². The molecule has 1 saturated carbocycles. The molecule has 1 fully saturated rings. The third-order valence-corrected chi connectivity index (χ3v) is 10.7. The van der Waals surface area contributed by atoms with Crippen LogP contribution in [0.5, 0.6) is 11.5 Å². The lowest BCUT2D eigenvalue weighted by Gasteiger charge is -2.28. The van der Waals surface area contributed by atoms with Crippen molar-refractivity contribution in [2.24, 2.45) is 9.98 Å². The van der Waals surface area contributed by atoms with E-state index in [9.17, 15) is 10.2 Å². The molecule has 4 nitrogen and oxygen atoms in total. The van der Waals surface area contributed by atoms with E-state index >= 15 is 0 Å². The third kappa shape index (κ3) is 13.7. The summed E-state index contributed by atoms with van der Waals surface area (Å²) >= 11 is 0. The summed E-state index contributed by atoms with van der Waals surface area (Å²) in [5.74, 6) is 0.637. The molecule has 0 bridgehead atoms. The maximum absolute atomic E-state index is 11.2. The van der Waals surface area contributed by atoms with Gasteiger partial charge in [-0.1, -0.05) is 184 Å². The van der Waals surface area contributed by atoms with E-state index in [0.29, 0.717) is 11.5 Å². The van der Waals surface area contributed by atoms with Crippen LogP contribution in [0.1, 0.15) is 181 Å². The van der Waals surface area contributed by atoms with Crippen molar-refractivity contribution in [1.29, 1.82) is 0 Å². The largest absolute Gasteiger partial charge is 0.507 e. The van der Waals surface area contributed by atoms with Crippen molar-refractivity contribution >= 4 is 12.4 Å². The molecule has 1 aliphatic carbocycles. The second kappa shape index (κ2) is 21.2. The molecule has 0 aromatic heterocycles. The number of phenols is 2. The van der Waals surface area contributed by atoms with Gasteiger partial charge < -0.3 is 10.2 Å². The highest BCUT2D eigenvalue weighted by atomic mass is 16.3. The fourth-order valence-electron chi connectivity index (χ4n) is 7.06. The van der Waals surface area contributed by atoms with Crippen LogP contribution in [0.4, 0.5) is 0 Å². The van der Waals surface area contributed by atoms with Crippen LogP contribution in [-0.2, 0) is 21.7 Å². The van der Waals surface area contributed by atoms with E-state index in [2.05, 4.69) is 170 Å². The third-order valence-electron chi connectivity index (χ3n) is 10.7. The van der Waals surface area contributed by atoms with Crippen LogP contribution < -0.4 is 0 Å². The highest BCUT2D eigenvalue weighted by Crippen LogP contribution is 2.39. The SMILES string of the molecule is CC.CC.CC(C)(C)c1cc(C=NC2CCCCC2N=Cc2cc(C(C)(C)C)cc(C(C)(C)C)c2O)c(O)c(C(C)(C)C)c1.Cc1ccccc1-c1ccccc1C. The number of hydrogen-bond acceptors (Lipinski definition) is 4. The molecule has 2 unspecified atom stereocenters. The Morgan fingerprint density at radius 3 is 1.07 bits per heavy atom. The number of nitrogens with zero attached hydrogens (tertiary/aromatic N) is 2. The zero-order valence-electron chi connectivity index (χ0n) is 39.9. The summed E-state index contributed by atoms with van der Waals surface area (Å²) in [4.78, 5) is 10.1. The van der Waals surface area contributed by atoms with Crippen LogP contribution in [0.15, 0.2) is 82.8 Å². The smallest absolute Gasteiger partial charge is 0.128 e. The van der Waals surface area contributed by atoms with Crippen LogP contribution in [0.2, 0.25) is 0 Å². The van der Waals surface area contributed by atoms with E-state index in [-0.39, 0.29) is 33.7 Å². The molecular formula is C54H80N2O2. The summed E-state index contributed by atoms with van der Waals surface area (Å²) in [5.41, 5.74) is 10.7. The Morgan fingerprint density at radius 1 is 0.483 bits per heavy atom. The van der Waals surface area contributed by atoms with Crippen molar-refractivity contribution in [2.75, 3.05) is 0 Å². The fraction of sp³-hybridized carbons (Fsp3) is 0.519. The van der Waals surface area contributed by atoms with Gasteiger partial charge in [0.15, 0.2) is 0 Å². The zero-order valence-corrected chi connectivity index (χ0v) is 39.9. The van der Waals surface area contributed by atoms with Crippen LogP contribution in [0.3, 0.4) is 0 Å². The van der Waals surface area contributed by atoms with Crippen molar-refractivity contribution in [1.82, 2.24) is 0 Å². The summed E-state index contributed by atoms with van der Waals surface area (Å²) in [6, 6.07) is 25.5. The van der Waals surface area contributed by atoms with Gasteiger partial charge in [0.1, 0.15) is 11.5 Å². The van der Waals surface area contributed by atoms with Crippen molar-refractivity contribution in [3.05, 3.63) is 117 Å². The molecule has 0 heterocycles. The summed E-state index contributed by atoms with van der Waals surface area (Å²) in [5, 5.41) is 22.5. The highest BCUT2D eigenvalue weighted by Gasteiger charge is 2.28. The molecule has 58 heavy (non-hydrogen) atoms. The van der Waals surface area contributed by atoms with Gasteiger partial charge in [0, 0.05) is 34.7 Å². The molecule has 2 atom stereocenters. The molecule has 4 heteroatoms. The van der Waals surface area contributed by atoms with Crippen molar-refractivity contribution in [2.45, 2.75) is 184 Å². The lowest BCUT2D eigenvalue weighted by Crippen LogP contribution is -2.27. The number of hydrogen-bond donors (Lipinski definition) is 2. The van der Waals surface area contributed by atoms with E-state index in [0.717, 1.165) is 47.9 Å². The predicted octanol–water partition coefficient (Wildman–Crippen LogP) is 15.2. The Bertz CT molecular complexity index is 1810. The van der Waals surface area contributed by atoms with Crippen LogP contribution in [0, 0.1) is 13.8 Å². The quantitative estimate of drug-likeness (QED) is 0.198. The van der Waals surface area contributed by atoms with Gasteiger partial charge in [-0.15, -0.1) is 0 Å². The minimum atomic E-state index is -0.179. The Morgan fingerprint density at radius 2 is 0.793 bits per heavy atom. The number of rotatable bonds is 5. The van der Waals surface area contributed by atoms with Crippen molar-refractivity contribution in [3.63, 3.8) is 0 Å². The topological polar surface area (TPSA) is 65.2 Å². The lowest BCUT2D eigenvalue weighted by atomic mass is 9.79. The predicted molar refractivity (Wildman–Crippen MR) is 256 cm³/mol. The van der Waals surface area contributed by atoms with Crippen LogP contribution in [-0.4, -0.2) is 34.7 Å². The van der Waals surface area contributed by atoms with E-state index in [1.165, 1.54) is 33.4 Å². The average Bonchev–Trinajstić information content (AvgIpc) is 3.15. The Hall–Kier alpha value is -4.18.